The molecule has 0 aliphatic carbocycles. The van der Waals surface area contributed by atoms with Gasteiger partial charge in [-0.3, -0.25) is 4.57 Å². The molecule has 1 aliphatic heterocycles. The number of imidazole rings is 1. The van der Waals surface area contributed by atoms with Gasteiger partial charge in [-0.05, 0) is 57.4 Å². The van der Waals surface area contributed by atoms with Crippen molar-refractivity contribution in [1.29, 1.82) is 5.26 Å². The van der Waals surface area contributed by atoms with Gasteiger partial charge in [-0.15, -0.1) is 0 Å². The van der Waals surface area contributed by atoms with E-state index in [-0.39, 0.29) is 6.23 Å². The first-order chi connectivity index (χ1) is 19.9. The topological polar surface area (TPSA) is 141 Å². The molecule has 5 aromatic rings. The molecular weight excluding hydrogens is 520 g/mol. The maximum Gasteiger partial charge on any atom is 0.166 e. The third-order valence-electron chi connectivity index (χ3n) is 6.99. The van der Waals surface area contributed by atoms with Crippen molar-refractivity contribution in [2.75, 3.05) is 24.4 Å². The van der Waals surface area contributed by atoms with Gasteiger partial charge in [0, 0.05) is 19.7 Å². The van der Waals surface area contributed by atoms with Crippen molar-refractivity contribution in [1.82, 2.24) is 34.3 Å². The number of rotatable bonds is 7. The fourth-order valence-corrected chi connectivity index (χ4v) is 5.22. The van der Waals surface area contributed by atoms with E-state index in [0.717, 1.165) is 42.0 Å². The van der Waals surface area contributed by atoms with Crippen LogP contribution in [0, 0.1) is 25.2 Å². The van der Waals surface area contributed by atoms with Crippen molar-refractivity contribution >= 4 is 34.2 Å². The van der Waals surface area contributed by atoms with Crippen LogP contribution in [0.25, 0.3) is 22.6 Å². The molecule has 0 saturated carbocycles. The fourth-order valence-electron chi connectivity index (χ4n) is 5.22. The van der Waals surface area contributed by atoms with E-state index in [1.807, 2.05) is 45.2 Å². The lowest BCUT2D eigenvalue weighted by Gasteiger charge is -2.25. The highest BCUT2D eigenvalue weighted by Gasteiger charge is 2.24. The molecule has 6 rings (SSSR count). The summed E-state index contributed by atoms with van der Waals surface area (Å²) in [5, 5.41) is 20.5. The molecule has 1 unspecified atom stereocenters. The molecule has 0 bridgehead atoms. The zero-order chi connectivity index (χ0) is 28.5. The molecule has 0 radical (unpaired) electrons. The van der Waals surface area contributed by atoms with Crippen molar-refractivity contribution < 1.29 is 9.47 Å². The molecule has 4 aromatic heterocycles. The van der Waals surface area contributed by atoms with Crippen LogP contribution in [0.1, 0.15) is 42.8 Å². The average Bonchev–Trinajstić information content (AvgIpc) is 3.50. The number of methoxy groups -OCH3 is 1. The molecule has 5 heterocycles. The average molecular weight is 551 g/mol. The van der Waals surface area contributed by atoms with Gasteiger partial charge >= 0.3 is 0 Å². The molecule has 12 heteroatoms. The molecular formula is C29H30N10O2. The summed E-state index contributed by atoms with van der Waals surface area (Å²) in [4.78, 5) is 18.8. The zero-order valence-corrected chi connectivity index (χ0v) is 23.3. The van der Waals surface area contributed by atoms with Gasteiger partial charge in [0.2, 0.25) is 0 Å². The maximum absolute atomic E-state index is 9.32. The summed E-state index contributed by atoms with van der Waals surface area (Å²) in [5.74, 6) is 3.85. The number of benzene rings is 1. The number of hydrogen-bond donors (Lipinski definition) is 2. The van der Waals surface area contributed by atoms with Gasteiger partial charge in [0.15, 0.2) is 17.2 Å². The summed E-state index contributed by atoms with van der Waals surface area (Å²) in [5.41, 5.74) is 3.94. The number of nitriles is 1. The van der Waals surface area contributed by atoms with Crippen molar-refractivity contribution in [2.45, 2.75) is 39.3 Å². The van der Waals surface area contributed by atoms with Crippen LogP contribution in [0.3, 0.4) is 0 Å². The summed E-state index contributed by atoms with van der Waals surface area (Å²) in [6, 6.07) is 15.0. The van der Waals surface area contributed by atoms with E-state index in [1.165, 1.54) is 0 Å². The Morgan fingerprint density at radius 3 is 2.59 bits per heavy atom. The van der Waals surface area contributed by atoms with E-state index in [1.54, 1.807) is 30.0 Å². The number of aromatic nitrogens is 7. The van der Waals surface area contributed by atoms with Gasteiger partial charge in [0.25, 0.3) is 0 Å². The van der Waals surface area contributed by atoms with E-state index in [2.05, 4.69) is 36.3 Å². The number of nitrogens with zero attached hydrogens (tertiary/aromatic N) is 8. The Bertz CT molecular complexity index is 1780. The van der Waals surface area contributed by atoms with E-state index in [0.29, 0.717) is 52.5 Å². The Kier molecular flexibility index (Phi) is 6.94. The highest BCUT2D eigenvalue weighted by molar-refractivity contribution is 5.92. The molecule has 0 spiro atoms. The van der Waals surface area contributed by atoms with Crippen LogP contribution in [-0.2, 0) is 11.8 Å². The Labute approximate surface area is 237 Å². The molecule has 1 aliphatic rings. The lowest BCUT2D eigenvalue weighted by molar-refractivity contribution is -0.0308. The predicted octanol–water partition coefficient (Wildman–Crippen LogP) is 5.31. The normalized spacial score (nSPS) is 15.0. The lowest BCUT2D eigenvalue weighted by atomic mass is 10.1. The van der Waals surface area contributed by atoms with Crippen LogP contribution < -0.4 is 15.4 Å². The number of nitrogens with one attached hydrogen (secondary N) is 2. The first-order valence-electron chi connectivity index (χ1n) is 13.4. The number of anilines is 4. The fraction of sp³-hybridized carbons (Fsp3) is 0.310. The quantitative estimate of drug-likeness (QED) is 0.274. The van der Waals surface area contributed by atoms with Crippen LogP contribution in [0.2, 0.25) is 0 Å². The van der Waals surface area contributed by atoms with Gasteiger partial charge in [-0.2, -0.15) is 10.4 Å². The first kappa shape index (κ1) is 26.2. The van der Waals surface area contributed by atoms with E-state index in [9.17, 15) is 5.26 Å². The number of hydrogen-bond acceptors (Lipinski definition) is 10. The Balaban J connectivity index is 1.48. The summed E-state index contributed by atoms with van der Waals surface area (Å²) in [6.07, 6.45) is 2.84. The number of ether oxygens (including phenoxy) is 2. The van der Waals surface area contributed by atoms with Gasteiger partial charge in [0.05, 0.1) is 24.0 Å². The highest BCUT2D eigenvalue weighted by atomic mass is 16.5. The van der Waals surface area contributed by atoms with Gasteiger partial charge in [-0.1, -0.05) is 12.1 Å². The molecule has 0 amide bonds. The molecule has 1 saturated heterocycles. The second kappa shape index (κ2) is 10.9. The number of pyridine rings is 2. The Morgan fingerprint density at radius 2 is 1.85 bits per heavy atom. The van der Waals surface area contributed by atoms with E-state index < -0.39 is 0 Å². The van der Waals surface area contributed by atoms with Crippen molar-refractivity contribution in [3.05, 3.63) is 59.8 Å². The summed E-state index contributed by atoms with van der Waals surface area (Å²) >= 11 is 0. The summed E-state index contributed by atoms with van der Waals surface area (Å²) in [6.45, 7) is 4.52. The van der Waals surface area contributed by atoms with Gasteiger partial charge in [0.1, 0.15) is 46.8 Å². The first-order valence-corrected chi connectivity index (χ1v) is 13.4. The molecule has 2 N–H and O–H groups in total. The Hall–Kier alpha value is -5.02. The SMILES string of the molecule is COc1c(Nc2cc(Nc3cccc(C#N)n3)nc3c2nc(C)n3C2CCCCO2)cccc1-c1nc(C)nn1C. The second-order valence-electron chi connectivity index (χ2n) is 9.84. The molecule has 1 atom stereocenters. The van der Waals surface area contributed by atoms with Crippen LogP contribution in [-0.4, -0.2) is 48.0 Å². The third-order valence-corrected chi connectivity index (χ3v) is 6.99. The largest absolute Gasteiger partial charge is 0.494 e. The van der Waals surface area contributed by atoms with Crippen LogP contribution in [0.15, 0.2) is 42.5 Å². The smallest absolute Gasteiger partial charge is 0.166 e. The standard InChI is InChI=1S/C29H30N10O2/c1-17-31-28(38(3)37-17)20-10-8-11-21(27(20)40-4)34-22-15-24(35-23-12-7-9-19(16-30)33-23)36-29-26(22)32-18(2)39(29)25-13-5-6-14-41-25/h7-12,15,25H,5-6,13-14H2,1-4H3,(H2,33,34,35,36). The molecule has 1 aromatic carbocycles. The minimum atomic E-state index is -0.151. The molecule has 1 fully saturated rings. The molecule has 41 heavy (non-hydrogen) atoms. The summed E-state index contributed by atoms with van der Waals surface area (Å²) in [7, 11) is 3.49. The lowest BCUT2D eigenvalue weighted by Crippen LogP contribution is -2.19. The molecule has 208 valence electrons. The number of para-hydroxylation sites is 1. The van der Waals surface area contributed by atoms with E-state index >= 15 is 0 Å². The van der Waals surface area contributed by atoms with Crippen molar-refractivity contribution in [3.8, 4) is 23.2 Å². The number of fused-ring (bicyclic) bond motifs is 1. The highest BCUT2D eigenvalue weighted by Crippen LogP contribution is 2.39. The van der Waals surface area contributed by atoms with Crippen molar-refractivity contribution in [2.24, 2.45) is 7.05 Å². The van der Waals surface area contributed by atoms with Crippen molar-refractivity contribution in [3.63, 3.8) is 0 Å². The van der Waals surface area contributed by atoms with Gasteiger partial charge in [-0.25, -0.2) is 24.6 Å². The number of aryl methyl sites for hydroxylation is 3. The van der Waals surface area contributed by atoms with Gasteiger partial charge < -0.3 is 20.1 Å². The zero-order valence-electron chi connectivity index (χ0n) is 23.3. The third kappa shape index (κ3) is 5.03. The van der Waals surface area contributed by atoms with E-state index in [4.69, 9.17) is 19.4 Å². The monoisotopic (exact) mass is 550 g/mol. The van der Waals surface area contributed by atoms with Crippen LogP contribution >= 0.6 is 0 Å². The Morgan fingerprint density at radius 1 is 1.00 bits per heavy atom. The van der Waals surface area contributed by atoms with Crippen LogP contribution in [0.5, 0.6) is 5.75 Å². The molecule has 12 nitrogen and oxygen atoms in total. The minimum Gasteiger partial charge on any atom is -0.494 e. The minimum absolute atomic E-state index is 0.151. The maximum atomic E-state index is 9.32. The second-order valence-corrected chi connectivity index (χ2v) is 9.84. The van der Waals surface area contributed by atoms with Crippen LogP contribution in [0.4, 0.5) is 23.0 Å². The summed E-state index contributed by atoms with van der Waals surface area (Å²) < 4.78 is 15.8. The predicted molar refractivity (Wildman–Crippen MR) is 154 cm³/mol.